The van der Waals surface area contributed by atoms with Gasteiger partial charge in [0.05, 0.1) is 18.6 Å². The maximum absolute atomic E-state index is 12.1. The van der Waals surface area contributed by atoms with Gasteiger partial charge in [-0.2, -0.15) is 0 Å². The summed E-state index contributed by atoms with van der Waals surface area (Å²) < 4.78 is 22.5. The molecule has 1 rings (SSSR count). The molecule has 0 aromatic carbocycles. The Morgan fingerprint density at radius 1 is 1.32 bits per heavy atom. The van der Waals surface area contributed by atoms with Crippen LogP contribution in [0.2, 0.25) is 0 Å². The number of hydrogen-bond donors (Lipinski definition) is 0. The fourth-order valence-corrected chi connectivity index (χ4v) is 3.42. The normalized spacial score (nSPS) is 27.9. The molecule has 0 N–H and O–H groups in total. The number of rotatable bonds is 9. The van der Waals surface area contributed by atoms with Gasteiger partial charge in [0, 0.05) is 19.6 Å². The van der Waals surface area contributed by atoms with Crippen molar-refractivity contribution >= 4 is 18.2 Å². The van der Waals surface area contributed by atoms with Gasteiger partial charge in [0.2, 0.25) is 5.79 Å². The molecule has 0 aliphatic carbocycles. The lowest BCUT2D eigenvalue weighted by Gasteiger charge is -2.52. The SMILES string of the molecule is CCC(=O)O[C@H]1/C(=C/C(=O)OC)CC(CC(C)CC)O[C@@]1(OC)C(C)(C)C=O. The molecule has 0 spiro atoms. The van der Waals surface area contributed by atoms with E-state index in [1.54, 1.807) is 20.8 Å². The fraction of sp³-hybridized carbons (Fsp3) is 0.762. The molecule has 0 amide bonds. The van der Waals surface area contributed by atoms with Crippen molar-refractivity contribution in [2.45, 2.75) is 78.3 Å². The quantitative estimate of drug-likeness (QED) is 0.335. The standard InChI is InChI=1S/C21H34O7/c1-8-14(3)10-16-11-15(12-18(24)25-6)19(27-17(23)9-2)21(26-7,28-16)20(4,5)13-22/h12-14,16,19H,8-11H2,1-7H3/b15-12+/t14?,16?,19-,21+/m0/s1. The molecule has 0 saturated carbocycles. The second-order valence-corrected chi connectivity index (χ2v) is 7.87. The molecule has 7 heteroatoms. The Kier molecular flexibility index (Phi) is 8.82. The zero-order chi connectivity index (χ0) is 21.5. The average molecular weight is 398 g/mol. The molecule has 28 heavy (non-hydrogen) atoms. The number of carbonyl (C=O) groups is 3. The van der Waals surface area contributed by atoms with Gasteiger partial charge in [0.1, 0.15) is 6.29 Å². The van der Waals surface area contributed by atoms with E-state index >= 15 is 0 Å². The monoisotopic (exact) mass is 398 g/mol. The third-order valence-corrected chi connectivity index (χ3v) is 5.39. The first-order chi connectivity index (χ1) is 13.1. The Balaban J connectivity index is 3.55. The van der Waals surface area contributed by atoms with Crippen molar-refractivity contribution in [2.24, 2.45) is 11.3 Å². The third kappa shape index (κ3) is 5.20. The van der Waals surface area contributed by atoms with Crippen molar-refractivity contribution in [3.8, 4) is 0 Å². The molecule has 0 bridgehead atoms. The first-order valence-electron chi connectivity index (χ1n) is 9.77. The summed E-state index contributed by atoms with van der Waals surface area (Å²) >= 11 is 0. The van der Waals surface area contributed by atoms with E-state index in [-0.39, 0.29) is 12.5 Å². The predicted molar refractivity (Wildman–Crippen MR) is 103 cm³/mol. The number of ether oxygens (including phenoxy) is 4. The van der Waals surface area contributed by atoms with Gasteiger partial charge < -0.3 is 23.7 Å². The number of carbonyl (C=O) groups excluding carboxylic acids is 3. The molecule has 1 saturated heterocycles. The van der Waals surface area contributed by atoms with E-state index in [0.717, 1.165) is 12.7 Å². The number of methoxy groups -OCH3 is 2. The van der Waals surface area contributed by atoms with Crippen LogP contribution in [-0.2, 0) is 33.3 Å². The van der Waals surface area contributed by atoms with Crippen molar-refractivity contribution in [1.29, 1.82) is 0 Å². The van der Waals surface area contributed by atoms with E-state index in [1.165, 1.54) is 20.3 Å². The summed E-state index contributed by atoms with van der Waals surface area (Å²) in [5.74, 6) is -2.23. The van der Waals surface area contributed by atoms with Crippen molar-refractivity contribution in [1.82, 2.24) is 0 Å². The summed E-state index contributed by atoms with van der Waals surface area (Å²) in [5.41, 5.74) is -0.631. The van der Waals surface area contributed by atoms with Gasteiger partial charge in [0.25, 0.3) is 0 Å². The van der Waals surface area contributed by atoms with Crippen molar-refractivity contribution in [3.63, 3.8) is 0 Å². The summed E-state index contributed by atoms with van der Waals surface area (Å²) in [6.45, 7) is 9.19. The maximum Gasteiger partial charge on any atom is 0.330 e. The Bertz CT molecular complexity index is 596. The van der Waals surface area contributed by atoms with Gasteiger partial charge in [-0.05, 0) is 38.2 Å². The first-order valence-corrected chi connectivity index (χ1v) is 9.77. The number of aldehydes is 1. The van der Waals surface area contributed by atoms with Crippen molar-refractivity contribution in [2.75, 3.05) is 14.2 Å². The van der Waals surface area contributed by atoms with Crippen LogP contribution < -0.4 is 0 Å². The van der Waals surface area contributed by atoms with Gasteiger partial charge >= 0.3 is 11.9 Å². The summed E-state index contributed by atoms with van der Waals surface area (Å²) in [6.07, 6.45) is 2.88. The molecule has 1 fully saturated rings. The van der Waals surface area contributed by atoms with E-state index < -0.39 is 29.2 Å². The predicted octanol–water partition coefficient (Wildman–Crippen LogP) is 3.20. The average Bonchev–Trinajstić information content (AvgIpc) is 2.68. The van der Waals surface area contributed by atoms with E-state index in [4.69, 9.17) is 18.9 Å². The summed E-state index contributed by atoms with van der Waals surface area (Å²) in [5, 5.41) is 0. The minimum atomic E-state index is -1.56. The van der Waals surface area contributed by atoms with E-state index in [1.807, 2.05) is 0 Å². The summed E-state index contributed by atoms with van der Waals surface area (Å²) in [6, 6.07) is 0. The topological polar surface area (TPSA) is 88.1 Å². The van der Waals surface area contributed by atoms with E-state index in [0.29, 0.717) is 24.3 Å². The van der Waals surface area contributed by atoms with Crippen LogP contribution in [0.15, 0.2) is 11.6 Å². The van der Waals surface area contributed by atoms with Crippen LogP contribution in [0.4, 0.5) is 0 Å². The Labute approximate surface area is 167 Å². The lowest BCUT2D eigenvalue weighted by Crippen LogP contribution is -2.64. The van der Waals surface area contributed by atoms with Gasteiger partial charge in [0.15, 0.2) is 6.10 Å². The smallest absolute Gasteiger partial charge is 0.330 e. The molecular formula is C21H34O7. The number of hydrogen-bond acceptors (Lipinski definition) is 7. The zero-order valence-corrected chi connectivity index (χ0v) is 18.1. The molecule has 2 unspecified atom stereocenters. The summed E-state index contributed by atoms with van der Waals surface area (Å²) in [7, 11) is 2.70. The van der Waals surface area contributed by atoms with E-state index in [2.05, 4.69) is 13.8 Å². The number of esters is 2. The molecular weight excluding hydrogens is 364 g/mol. The summed E-state index contributed by atoms with van der Waals surface area (Å²) in [4.78, 5) is 36.1. The largest absolute Gasteiger partial charge is 0.466 e. The highest BCUT2D eigenvalue weighted by Gasteiger charge is 2.60. The highest BCUT2D eigenvalue weighted by molar-refractivity contribution is 5.83. The Morgan fingerprint density at radius 3 is 2.43 bits per heavy atom. The van der Waals surface area contributed by atoms with Crippen LogP contribution in [0.1, 0.15) is 60.3 Å². The molecule has 0 radical (unpaired) electrons. The molecule has 7 nitrogen and oxygen atoms in total. The van der Waals surface area contributed by atoms with Gasteiger partial charge in [-0.3, -0.25) is 4.79 Å². The lowest BCUT2D eigenvalue weighted by atomic mass is 9.75. The Morgan fingerprint density at radius 2 is 1.96 bits per heavy atom. The van der Waals surface area contributed by atoms with Crippen LogP contribution in [0.25, 0.3) is 0 Å². The first kappa shape index (κ1) is 24.3. The van der Waals surface area contributed by atoms with Crippen LogP contribution in [0.5, 0.6) is 0 Å². The molecule has 1 aliphatic heterocycles. The second kappa shape index (κ2) is 10.2. The molecule has 160 valence electrons. The second-order valence-electron chi connectivity index (χ2n) is 7.87. The Hall–Kier alpha value is -1.73. The minimum absolute atomic E-state index is 0.139. The van der Waals surface area contributed by atoms with Crippen LogP contribution in [-0.4, -0.2) is 50.4 Å². The van der Waals surface area contributed by atoms with Gasteiger partial charge in [-0.25, -0.2) is 4.79 Å². The highest BCUT2D eigenvalue weighted by atomic mass is 16.7. The van der Waals surface area contributed by atoms with Crippen molar-refractivity contribution < 1.29 is 33.3 Å². The lowest BCUT2D eigenvalue weighted by molar-refractivity contribution is -0.336. The maximum atomic E-state index is 12.1. The fourth-order valence-electron chi connectivity index (χ4n) is 3.42. The van der Waals surface area contributed by atoms with Crippen LogP contribution in [0, 0.1) is 11.3 Å². The molecule has 0 aromatic rings. The van der Waals surface area contributed by atoms with Gasteiger partial charge in [-0.15, -0.1) is 0 Å². The molecule has 0 aromatic heterocycles. The zero-order valence-electron chi connectivity index (χ0n) is 18.1. The third-order valence-electron chi connectivity index (χ3n) is 5.39. The van der Waals surface area contributed by atoms with E-state index in [9.17, 15) is 14.4 Å². The van der Waals surface area contributed by atoms with Crippen molar-refractivity contribution in [3.05, 3.63) is 11.6 Å². The highest BCUT2D eigenvalue weighted by Crippen LogP contribution is 2.47. The molecule has 4 atom stereocenters. The van der Waals surface area contributed by atoms with Crippen LogP contribution in [0.3, 0.4) is 0 Å². The minimum Gasteiger partial charge on any atom is -0.466 e. The molecule has 1 heterocycles. The van der Waals surface area contributed by atoms with Crippen LogP contribution >= 0.6 is 0 Å². The molecule has 1 aliphatic rings. The van der Waals surface area contributed by atoms with Gasteiger partial charge in [-0.1, -0.05) is 27.2 Å².